The first-order valence-corrected chi connectivity index (χ1v) is 12.9. The van der Waals surface area contributed by atoms with E-state index in [1.54, 1.807) is 11.3 Å². The molecular formula is C25H25ClN4OS2. The molecule has 5 nitrogen and oxygen atoms in total. The van der Waals surface area contributed by atoms with Gasteiger partial charge in [-0.3, -0.25) is 4.79 Å². The first-order chi connectivity index (χ1) is 16.0. The number of aromatic nitrogens is 3. The van der Waals surface area contributed by atoms with Crippen molar-refractivity contribution in [3.63, 3.8) is 0 Å². The molecule has 0 fully saturated rings. The van der Waals surface area contributed by atoms with Gasteiger partial charge in [0.05, 0.1) is 16.5 Å². The van der Waals surface area contributed by atoms with E-state index in [-0.39, 0.29) is 11.7 Å². The molecule has 0 saturated heterocycles. The van der Waals surface area contributed by atoms with Crippen LogP contribution in [0.3, 0.4) is 0 Å². The molecule has 4 aromatic rings. The van der Waals surface area contributed by atoms with Crippen molar-refractivity contribution in [2.24, 2.45) is 0 Å². The zero-order chi connectivity index (χ0) is 23.2. The highest BCUT2D eigenvalue weighted by Crippen LogP contribution is 2.28. The molecule has 0 aliphatic rings. The Morgan fingerprint density at radius 3 is 2.67 bits per heavy atom. The average molecular weight is 497 g/mol. The minimum Gasteiger partial charge on any atom is -0.324 e. The second-order valence-corrected chi connectivity index (χ2v) is 10.2. The summed E-state index contributed by atoms with van der Waals surface area (Å²) in [5.41, 5.74) is 3.93. The first-order valence-electron chi connectivity index (χ1n) is 10.7. The number of carbonyl (C=O) groups is 1. The van der Waals surface area contributed by atoms with E-state index in [1.165, 1.54) is 22.2 Å². The third-order valence-corrected chi connectivity index (χ3v) is 7.34. The lowest BCUT2D eigenvalue weighted by Crippen LogP contribution is -2.16. The molecule has 0 bridgehead atoms. The molecule has 8 heteroatoms. The number of carbonyl (C=O) groups excluding carboxylic acids is 1. The van der Waals surface area contributed by atoms with Crippen molar-refractivity contribution in [3.05, 3.63) is 92.4 Å². The number of halogens is 1. The Morgan fingerprint density at radius 2 is 1.94 bits per heavy atom. The van der Waals surface area contributed by atoms with Crippen LogP contribution in [0.5, 0.6) is 0 Å². The van der Waals surface area contributed by atoms with Gasteiger partial charge in [-0.2, -0.15) is 0 Å². The molecule has 1 amide bonds. The van der Waals surface area contributed by atoms with Crippen LogP contribution in [0.15, 0.2) is 65.1 Å². The van der Waals surface area contributed by atoms with E-state index in [1.807, 2.05) is 50.2 Å². The highest BCUT2D eigenvalue weighted by molar-refractivity contribution is 7.99. The molecule has 0 radical (unpaired) electrons. The molecular weight excluding hydrogens is 472 g/mol. The Kier molecular flexibility index (Phi) is 7.85. The number of thiophene rings is 1. The van der Waals surface area contributed by atoms with Crippen molar-refractivity contribution in [2.75, 3.05) is 11.1 Å². The van der Waals surface area contributed by atoms with Crippen LogP contribution >= 0.6 is 34.7 Å². The summed E-state index contributed by atoms with van der Waals surface area (Å²) >= 11 is 9.45. The number of hydrogen-bond donors (Lipinski definition) is 1. The fourth-order valence-electron chi connectivity index (χ4n) is 3.62. The highest BCUT2D eigenvalue weighted by atomic mass is 35.5. The van der Waals surface area contributed by atoms with Gasteiger partial charge in [-0.1, -0.05) is 65.8 Å². The van der Waals surface area contributed by atoms with E-state index >= 15 is 0 Å². The summed E-state index contributed by atoms with van der Waals surface area (Å²) in [7, 11) is 0. The van der Waals surface area contributed by atoms with Crippen molar-refractivity contribution in [1.29, 1.82) is 0 Å². The molecule has 2 aromatic heterocycles. The maximum absolute atomic E-state index is 12.7. The van der Waals surface area contributed by atoms with Crippen molar-refractivity contribution >= 4 is 46.3 Å². The standard InChI is InChI=1S/C25H25ClN4OS2/c1-17-13-18(2)24(21(26)14-17)27-23(31)16-33-25-29-28-22(15-20-9-6-12-32-20)30(25)11-10-19-7-4-3-5-8-19/h3-9,12-14H,10-11,15-16H2,1-2H3,(H,27,31). The molecule has 170 valence electrons. The number of rotatable bonds is 9. The monoisotopic (exact) mass is 496 g/mol. The lowest BCUT2D eigenvalue weighted by Gasteiger charge is -2.12. The summed E-state index contributed by atoms with van der Waals surface area (Å²) in [5, 5.41) is 15.2. The molecule has 0 unspecified atom stereocenters. The van der Waals surface area contributed by atoms with Crippen LogP contribution in [0, 0.1) is 13.8 Å². The van der Waals surface area contributed by atoms with Crippen molar-refractivity contribution in [1.82, 2.24) is 14.8 Å². The van der Waals surface area contributed by atoms with Gasteiger partial charge < -0.3 is 9.88 Å². The predicted molar refractivity (Wildman–Crippen MR) is 138 cm³/mol. The van der Waals surface area contributed by atoms with Crippen molar-refractivity contribution < 1.29 is 4.79 Å². The van der Waals surface area contributed by atoms with Crippen LogP contribution in [-0.4, -0.2) is 26.4 Å². The zero-order valence-electron chi connectivity index (χ0n) is 18.5. The number of nitrogens with one attached hydrogen (secondary N) is 1. The summed E-state index contributed by atoms with van der Waals surface area (Å²) in [6.45, 7) is 4.68. The normalized spacial score (nSPS) is 11.0. The third-order valence-electron chi connectivity index (χ3n) is 5.20. The molecule has 0 aliphatic heterocycles. The van der Waals surface area contributed by atoms with E-state index in [2.05, 4.69) is 43.7 Å². The van der Waals surface area contributed by atoms with Gasteiger partial charge in [0.1, 0.15) is 5.82 Å². The molecule has 2 heterocycles. The SMILES string of the molecule is Cc1cc(C)c(NC(=O)CSc2nnc(Cc3cccs3)n2CCc2ccccc2)c(Cl)c1. The second-order valence-electron chi connectivity index (χ2n) is 7.82. The fourth-order valence-corrected chi connectivity index (χ4v) is 5.47. The van der Waals surface area contributed by atoms with Crippen LogP contribution in [0.4, 0.5) is 5.69 Å². The Labute approximate surface area is 207 Å². The summed E-state index contributed by atoms with van der Waals surface area (Å²) < 4.78 is 2.13. The van der Waals surface area contributed by atoms with Gasteiger partial charge in [-0.15, -0.1) is 21.5 Å². The minimum absolute atomic E-state index is 0.119. The summed E-state index contributed by atoms with van der Waals surface area (Å²) in [6, 6.07) is 18.4. The van der Waals surface area contributed by atoms with Gasteiger partial charge in [-0.05, 0) is 54.5 Å². The average Bonchev–Trinajstić information content (AvgIpc) is 3.44. The van der Waals surface area contributed by atoms with E-state index in [4.69, 9.17) is 11.6 Å². The van der Waals surface area contributed by atoms with Gasteiger partial charge >= 0.3 is 0 Å². The smallest absolute Gasteiger partial charge is 0.234 e. The molecule has 0 atom stereocenters. The minimum atomic E-state index is -0.119. The molecule has 4 rings (SSSR count). The van der Waals surface area contributed by atoms with E-state index < -0.39 is 0 Å². The Balaban J connectivity index is 1.47. The second kappa shape index (κ2) is 11.0. The number of hydrogen-bond acceptors (Lipinski definition) is 5. The third kappa shape index (κ3) is 6.25. The summed E-state index contributed by atoms with van der Waals surface area (Å²) in [4.78, 5) is 13.9. The Bertz CT molecular complexity index is 1200. The quantitative estimate of drug-likeness (QED) is 0.281. The lowest BCUT2D eigenvalue weighted by molar-refractivity contribution is -0.113. The van der Waals surface area contributed by atoms with Gasteiger partial charge in [0.2, 0.25) is 5.91 Å². The maximum Gasteiger partial charge on any atom is 0.234 e. The van der Waals surface area contributed by atoms with Crippen LogP contribution in [0.25, 0.3) is 0 Å². The number of nitrogens with zero attached hydrogens (tertiary/aromatic N) is 3. The molecule has 0 saturated carbocycles. The first kappa shape index (κ1) is 23.5. The summed E-state index contributed by atoms with van der Waals surface area (Å²) in [6.07, 6.45) is 1.60. The number of benzene rings is 2. The number of aryl methyl sites for hydroxylation is 3. The zero-order valence-corrected chi connectivity index (χ0v) is 20.9. The van der Waals surface area contributed by atoms with Crippen LogP contribution in [0.1, 0.15) is 27.4 Å². The summed E-state index contributed by atoms with van der Waals surface area (Å²) in [5.74, 6) is 1.02. The Morgan fingerprint density at radius 1 is 1.12 bits per heavy atom. The van der Waals surface area contributed by atoms with E-state index in [0.717, 1.165) is 41.5 Å². The van der Waals surface area contributed by atoms with Crippen molar-refractivity contribution in [2.45, 2.75) is 38.4 Å². The number of amides is 1. The molecule has 0 aliphatic carbocycles. The van der Waals surface area contributed by atoms with Gasteiger partial charge in [0.15, 0.2) is 5.16 Å². The Hall–Kier alpha value is -2.61. The molecule has 2 aromatic carbocycles. The predicted octanol–water partition coefficient (Wildman–Crippen LogP) is 6.17. The van der Waals surface area contributed by atoms with Crippen molar-refractivity contribution in [3.8, 4) is 0 Å². The van der Waals surface area contributed by atoms with E-state index in [9.17, 15) is 4.79 Å². The van der Waals surface area contributed by atoms with Gasteiger partial charge in [-0.25, -0.2) is 0 Å². The molecule has 0 spiro atoms. The van der Waals surface area contributed by atoms with Crippen LogP contribution < -0.4 is 5.32 Å². The maximum atomic E-state index is 12.7. The van der Waals surface area contributed by atoms with Crippen LogP contribution in [-0.2, 0) is 24.2 Å². The number of thioether (sulfide) groups is 1. The lowest BCUT2D eigenvalue weighted by atomic mass is 10.1. The molecule has 33 heavy (non-hydrogen) atoms. The van der Waals surface area contributed by atoms with Crippen LogP contribution in [0.2, 0.25) is 5.02 Å². The highest BCUT2D eigenvalue weighted by Gasteiger charge is 2.16. The fraction of sp³-hybridized carbons (Fsp3) is 0.240. The molecule has 1 N–H and O–H groups in total. The van der Waals surface area contributed by atoms with Gasteiger partial charge in [0.25, 0.3) is 0 Å². The van der Waals surface area contributed by atoms with E-state index in [0.29, 0.717) is 10.7 Å². The van der Waals surface area contributed by atoms with Gasteiger partial charge in [0, 0.05) is 17.8 Å². The largest absolute Gasteiger partial charge is 0.324 e. The topological polar surface area (TPSA) is 59.8 Å². The number of anilines is 1.